The molecule has 2 N–H and O–H groups in total. The Balaban J connectivity index is 2.29. The predicted molar refractivity (Wildman–Crippen MR) is 53.6 cm³/mol. The first-order chi connectivity index (χ1) is 7.91. The number of ether oxygens (including phenoxy) is 1. The van der Waals surface area contributed by atoms with Crippen LogP contribution in [-0.4, -0.2) is 43.6 Å². The lowest BCUT2D eigenvalue weighted by Gasteiger charge is -2.23. The minimum Gasteiger partial charge on any atom is -0.481 e. The van der Waals surface area contributed by atoms with Crippen LogP contribution in [0.4, 0.5) is 13.2 Å². The lowest BCUT2D eigenvalue weighted by molar-refractivity contribution is -0.192. The van der Waals surface area contributed by atoms with Gasteiger partial charge < -0.3 is 15.2 Å². The Morgan fingerprint density at radius 3 is 2.47 bits per heavy atom. The van der Waals surface area contributed by atoms with Crippen molar-refractivity contribution in [3.8, 4) is 0 Å². The second kappa shape index (κ2) is 6.20. The Labute approximate surface area is 97.1 Å². The summed E-state index contributed by atoms with van der Waals surface area (Å²) in [5.41, 5.74) is 0. The molecule has 4 nitrogen and oxygen atoms in total. The Kier molecular flexibility index (Phi) is 5.20. The number of hydrogen-bond acceptors (Lipinski definition) is 3. The Morgan fingerprint density at radius 1 is 1.41 bits per heavy atom. The van der Waals surface area contributed by atoms with Crippen LogP contribution in [0.25, 0.3) is 0 Å². The number of nitrogens with one attached hydrogen (secondary N) is 1. The molecule has 0 aromatic rings. The number of carbonyl (C=O) groups is 1. The van der Waals surface area contributed by atoms with Gasteiger partial charge in [-0.3, -0.25) is 4.79 Å². The van der Waals surface area contributed by atoms with Crippen molar-refractivity contribution in [3.63, 3.8) is 0 Å². The summed E-state index contributed by atoms with van der Waals surface area (Å²) in [7, 11) is 0. The van der Waals surface area contributed by atoms with E-state index in [2.05, 4.69) is 5.32 Å². The van der Waals surface area contributed by atoms with Gasteiger partial charge in [0, 0.05) is 19.8 Å². The number of carboxylic acids is 1. The van der Waals surface area contributed by atoms with E-state index in [1.165, 1.54) is 0 Å². The van der Waals surface area contributed by atoms with Crippen LogP contribution in [-0.2, 0) is 9.53 Å². The Bertz CT molecular complexity index is 252. The van der Waals surface area contributed by atoms with Crippen molar-refractivity contribution in [1.82, 2.24) is 5.32 Å². The highest BCUT2D eigenvalue weighted by molar-refractivity contribution is 5.71. The molecule has 1 atom stereocenters. The molecule has 0 bridgehead atoms. The first-order valence-corrected chi connectivity index (χ1v) is 5.49. The Morgan fingerprint density at radius 2 is 2.00 bits per heavy atom. The second-order valence-corrected chi connectivity index (χ2v) is 4.15. The van der Waals surface area contributed by atoms with E-state index >= 15 is 0 Å². The molecule has 7 heteroatoms. The second-order valence-electron chi connectivity index (χ2n) is 4.15. The lowest BCUT2D eigenvalue weighted by Crippen LogP contribution is -2.41. The molecule has 1 saturated heterocycles. The topological polar surface area (TPSA) is 58.6 Å². The van der Waals surface area contributed by atoms with Crippen molar-refractivity contribution in [2.24, 2.45) is 11.8 Å². The molecular formula is C10H16F3NO3. The highest BCUT2D eigenvalue weighted by Gasteiger charge is 2.44. The maximum atomic E-state index is 12.3. The van der Waals surface area contributed by atoms with E-state index in [9.17, 15) is 18.0 Å². The van der Waals surface area contributed by atoms with E-state index in [0.29, 0.717) is 19.8 Å². The SMILES string of the molecule is O=C(O)C(CNCC1CCOCC1)C(F)(F)F. The zero-order valence-corrected chi connectivity index (χ0v) is 9.29. The number of carboxylic acid groups (broad SMARTS) is 1. The quantitative estimate of drug-likeness (QED) is 0.776. The molecule has 100 valence electrons. The van der Waals surface area contributed by atoms with Crippen LogP contribution >= 0.6 is 0 Å². The molecule has 1 heterocycles. The van der Waals surface area contributed by atoms with Gasteiger partial charge in [-0.25, -0.2) is 0 Å². The summed E-state index contributed by atoms with van der Waals surface area (Å²) in [5, 5.41) is 11.1. The molecule has 17 heavy (non-hydrogen) atoms. The third kappa shape index (κ3) is 4.91. The standard InChI is InChI=1S/C10H16F3NO3/c11-10(12,13)8(9(15)16)6-14-5-7-1-3-17-4-2-7/h7-8,14H,1-6H2,(H,15,16). The molecule has 0 saturated carbocycles. The number of halogens is 3. The molecule has 0 amide bonds. The van der Waals surface area contributed by atoms with Crippen LogP contribution in [0.5, 0.6) is 0 Å². The molecule has 0 aromatic heterocycles. The van der Waals surface area contributed by atoms with Crippen molar-refractivity contribution < 1.29 is 27.8 Å². The number of hydrogen-bond donors (Lipinski definition) is 2. The first-order valence-electron chi connectivity index (χ1n) is 5.49. The van der Waals surface area contributed by atoms with Crippen molar-refractivity contribution in [2.45, 2.75) is 19.0 Å². The maximum absolute atomic E-state index is 12.3. The minimum absolute atomic E-state index is 0.270. The monoisotopic (exact) mass is 255 g/mol. The maximum Gasteiger partial charge on any atom is 0.403 e. The number of rotatable bonds is 5. The molecular weight excluding hydrogens is 239 g/mol. The van der Waals surface area contributed by atoms with Gasteiger partial charge in [0.25, 0.3) is 0 Å². The van der Waals surface area contributed by atoms with Crippen LogP contribution < -0.4 is 5.32 Å². The van der Waals surface area contributed by atoms with E-state index < -0.39 is 24.6 Å². The van der Waals surface area contributed by atoms with Crippen molar-refractivity contribution in [3.05, 3.63) is 0 Å². The molecule has 1 aliphatic heterocycles. The molecule has 0 aliphatic carbocycles. The van der Waals surface area contributed by atoms with Crippen LogP contribution in [0.3, 0.4) is 0 Å². The number of alkyl halides is 3. The summed E-state index contributed by atoms with van der Waals surface area (Å²) in [4.78, 5) is 10.4. The first kappa shape index (κ1) is 14.2. The minimum atomic E-state index is -4.70. The lowest BCUT2D eigenvalue weighted by atomic mass is 10.00. The molecule has 0 radical (unpaired) electrons. The summed E-state index contributed by atoms with van der Waals surface area (Å²) in [5.74, 6) is -3.90. The van der Waals surface area contributed by atoms with Crippen molar-refractivity contribution in [2.75, 3.05) is 26.3 Å². The highest BCUT2D eigenvalue weighted by atomic mass is 19.4. The molecule has 1 rings (SSSR count). The van der Waals surface area contributed by atoms with E-state index in [4.69, 9.17) is 9.84 Å². The zero-order chi connectivity index (χ0) is 12.9. The fourth-order valence-corrected chi connectivity index (χ4v) is 1.73. The third-order valence-electron chi connectivity index (χ3n) is 2.82. The van der Waals surface area contributed by atoms with E-state index in [0.717, 1.165) is 12.8 Å². The summed E-state index contributed by atoms with van der Waals surface area (Å²) < 4.78 is 42.0. The van der Waals surface area contributed by atoms with E-state index in [-0.39, 0.29) is 5.92 Å². The van der Waals surface area contributed by atoms with Gasteiger partial charge in [-0.05, 0) is 25.3 Å². The van der Waals surface area contributed by atoms with Crippen LogP contribution in [0, 0.1) is 11.8 Å². The smallest absolute Gasteiger partial charge is 0.403 e. The van der Waals surface area contributed by atoms with E-state index in [1.54, 1.807) is 0 Å². The van der Waals surface area contributed by atoms with E-state index in [1.807, 2.05) is 0 Å². The van der Waals surface area contributed by atoms with Crippen LogP contribution in [0.1, 0.15) is 12.8 Å². The molecule has 0 spiro atoms. The summed E-state index contributed by atoms with van der Waals surface area (Å²) in [6.07, 6.45) is -3.10. The fourth-order valence-electron chi connectivity index (χ4n) is 1.73. The summed E-state index contributed by atoms with van der Waals surface area (Å²) in [6, 6.07) is 0. The van der Waals surface area contributed by atoms with Crippen molar-refractivity contribution in [1.29, 1.82) is 0 Å². The highest BCUT2D eigenvalue weighted by Crippen LogP contribution is 2.26. The fraction of sp³-hybridized carbons (Fsp3) is 0.900. The molecule has 0 aromatic carbocycles. The average molecular weight is 255 g/mol. The van der Waals surface area contributed by atoms with Gasteiger partial charge in [-0.1, -0.05) is 0 Å². The summed E-state index contributed by atoms with van der Waals surface area (Å²) in [6.45, 7) is 1.07. The summed E-state index contributed by atoms with van der Waals surface area (Å²) >= 11 is 0. The molecule has 1 fully saturated rings. The van der Waals surface area contributed by atoms with Gasteiger partial charge >= 0.3 is 12.1 Å². The van der Waals surface area contributed by atoms with Gasteiger partial charge in [0.15, 0.2) is 5.92 Å². The van der Waals surface area contributed by atoms with Gasteiger partial charge in [0.2, 0.25) is 0 Å². The normalized spacial score (nSPS) is 20.2. The van der Waals surface area contributed by atoms with Gasteiger partial charge in [0.1, 0.15) is 0 Å². The van der Waals surface area contributed by atoms with Gasteiger partial charge in [-0.15, -0.1) is 0 Å². The Hall–Kier alpha value is -0.820. The van der Waals surface area contributed by atoms with Crippen molar-refractivity contribution >= 4 is 5.97 Å². The van der Waals surface area contributed by atoms with Crippen LogP contribution in [0.15, 0.2) is 0 Å². The number of aliphatic carboxylic acids is 1. The van der Waals surface area contributed by atoms with Gasteiger partial charge in [-0.2, -0.15) is 13.2 Å². The predicted octanol–water partition coefficient (Wildman–Crippen LogP) is 1.27. The average Bonchev–Trinajstić information content (AvgIpc) is 2.23. The van der Waals surface area contributed by atoms with Crippen LogP contribution in [0.2, 0.25) is 0 Å². The zero-order valence-electron chi connectivity index (χ0n) is 9.29. The third-order valence-corrected chi connectivity index (χ3v) is 2.82. The largest absolute Gasteiger partial charge is 0.481 e. The van der Waals surface area contributed by atoms with Gasteiger partial charge in [0.05, 0.1) is 0 Å². The molecule has 1 unspecified atom stereocenters. The molecule has 1 aliphatic rings.